The van der Waals surface area contributed by atoms with Crippen molar-refractivity contribution in [1.29, 1.82) is 0 Å². The van der Waals surface area contributed by atoms with E-state index < -0.39 is 71.6 Å². The normalized spacial score (nSPS) is 17.2. The minimum atomic E-state index is -5.15. The lowest BCUT2D eigenvalue weighted by Crippen LogP contribution is -2.47. The van der Waals surface area contributed by atoms with Crippen LogP contribution in [-0.2, 0) is 29.8 Å². The molecule has 3 heterocycles. The molecular formula is C29H26F9N7O2. The molecule has 0 radical (unpaired) electrons. The van der Waals surface area contributed by atoms with Crippen LogP contribution in [0.25, 0.3) is 5.69 Å². The molecule has 0 saturated heterocycles. The van der Waals surface area contributed by atoms with E-state index in [2.05, 4.69) is 20.4 Å². The van der Waals surface area contributed by atoms with Gasteiger partial charge in [-0.05, 0) is 86.0 Å². The van der Waals surface area contributed by atoms with Gasteiger partial charge < -0.3 is 14.6 Å². The zero-order valence-corrected chi connectivity index (χ0v) is 24.7. The first-order chi connectivity index (χ1) is 21.8. The fraction of sp³-hybridized carbons (Fsp3) is 0.379. The summed E-state index contributed by atoms with van der Waals surface area (Å²) in [5.74, 6) is -0.309. The van der Waals surface area contributed by atoms with E-state index in [4.69, 9.17) is 4.74 Å². The molecule has 2 atom stereocenters. The third-order valence-corrected chi connectivity index (χ3v) is 7.36. The number of tetrazole rings is 1. The van der Waals surface area contributed by atoms with E-state index in [1.165, 1.54) is 17.3 Å². The summed E-state index contributed by atoms with van der Waals surface area (Å²) in [5.41, 5.74) is -4.49. The van der Waals surface area contributed by atoms with Crippen molar-refractivity contribution in [1.82, 2.24) is 25.2 Å². The van der Waals surface area contributed by atoms with Gasteiger partial charge in [0.15, 0.2) is 0 Å². The summed E-state index contributed by atoms with van der Waals surface area (Å²) >= 11 is 0. The number of amides is 1. The Balaban J connectivity index is 1.70. The van der Waals surface area contributed by atoms with Crippen LogP contribution in [0.3, 0.4) is 0 Å². The number of nitrogens with zero attached hydrogens (tertiary/aromatic N) is 6. The van der Waals surface area contributed by atoms with E-state index in [9.17, 15) is 44.3 Å². The Morgan fingerprint density at radius 3 is 2.15 bits per heavy atom. The van der Waals surface area contributed by atoms with E-state index >= 15 is 0 Å². The Labute approximate surface area is 260 Å². The van der Waals surface area contributed by atoms with Crippen LogP contribution in [0.15, 0.2) is 54.9 Å². The van der Waals surface area contributed by atoms with E-state index in [-0.39, 0.29) is 29.7 Å². The lowest BCUT2D eigenvalue weighted by Gasteiger charge is -2.43. The lowest BCUT2D eigenvalue weighted by molar-refractivity contribution is -0.143. The van der Waals surface area contributed by atoms with Crippen LogP contribution < -0.4 is 9.80 Å². The summed E-state index contributed by atoms with van der Waals surface area (Å²) in [6, 6.07) is 3.19. The third-order valence-electron chi connectivity index (χ3n) is 7.36. The summed E-state index contributed by atoms with van der Waals surface area (Å²) in [5, 5.41) is 12.2. The van der Waals surface area contributed by atoms with Gasteiger partial charge in [-0.15, -0.1) is 9.90 Å². The van der Waals surface area contributed by atoms with Gasteiger partial charge in [0.2, 0.25) is 0 Å². The van der Waals surface area contributed by atoms with Crippen LogP contribution in [0, 0.1) is 0 Å². The average Bonchev–Trinajstić information content (AvgIpc) is 3.66. The molecule has 1 amide bonds. The minimum absolute atomic E-state index is 0.00421. The molecule has 0 aliphatic carbocycles. The predicted octanol–water partition coefficient (Wildman–Crippen LogP) is 7.94. The van der Waals surface area contributed by atoms with E-state index in [1.807, 2.05) is 0 Å². The Bertz CT molecular complexity index is 1700. The highest BCUT2D eigenvalue weighted by atomic mass is 19.4. The fourth-order valence-corrected chi connectivity index (χ4v) is 5.34. The number of anilines is 2. The number of hydrogen-bond donors (Lipinski definition) is 1. The van der Waals surface area contributed by atoms with Gasteiger partial charge in [0, 0.05) is 25.0 Å². The van der Waals surface area contributed by atoms with Crippen LogP contribution in [0.4, 0.5) is 55.9 Å². The van der Waals surface area contributed by atoms with Crippen LogP contribution in [0.5, 0.6) is 0 Å². The number of halogens is 9. The molecule has 2 aromatic carbocycles. The molecule has 1 aliphatic rings. The maximum atomic E-state index is 14.0. The molecule has 0 fully saturated rings. The van der Waals surface area contributed by atoms with E-state index in [0.29, 0.717) is 17.8 Å². The van der Waals surface area contributed by atoms with E-state index in [1.54, 1.807) is 26.8 Å². The van der Waals surface area contributed by atoms with Crippen molar-refractivity contribution in [2.24, 2.45) is 0 Å². The number of carbonyl (C=O) groups is 1. The van der Waals surface area contributed by atoms with Crippen molar-refractivity contribution < 1.29 is 49.0 Å². The van der Waals surface area contributed by atoms with Crippen molar-refractivity contribution in [3.8, 4) is 5.69 Å². The summed E-state index contributed by atoms with van der Waals surface area (Å²) in [4.78, 5) is 19.2. The summed E-state index contributed by atoms with van der Waals surface area (Å²) in [6.07, 6.45) is -13.7. The second-order valence-corrected chi connectivity index (χ2v) is 11.2. The molecule has 2 unspecified atom stereocenters. The van der Waals surface area contributed by atoms with Crippen molar-refractivity contribution in [3.63, 3.8) is 0 Å². The molecule has 5 rings (SSSR count). The van der Waals surface area contributed by atoms with Crippen LogP contribution in [0.1, 0.15) is 61.1 Å². The Morgan fingerprint density at radius 2 is 1.60 bits per heavy atom. The largest absolute Gasteiger partial charge is 0.446 e. The number of benzene rings is 2. The monoisotopic (exact) mass is 675 g/mol. The molecular weight excluding hydrogens is 649 g/mol. The van der Waals surface area contributed by atoms with Gasteiger partial charge in [0.1, 0.15) is 5.69 Å². The molecule has 18 heteroatoms. The highest BCUT2D eigenvalue weighted by Crippen LogP contribution is 2.45. The van der Waals surface area contributed by atoms with Crippen molar-refractivity contribution >= 4 is 17.7 Å². The van der Waals surface area contributed by atoms with E-state index in [0.717, 1.165) is 27.9 Å². The molecule has 9 nitrogen and oxygen atoms in total. The second-order valence-electron chi connectivity index (χ2n) is 11.2. The number of nitrogens with one attached hydrogen (secondary N) is 1. The van der Waals surface area contributed by atoms with Gasteiger partial charge in [0.05, 0.1) is 34.5 Å². The number of hydrogen-bond acceptors (Lipinski definition) is 6. The van der Waals surface area contributed by atoms with Crippen molar-refractivity contribution in [3.05, 3.63) is 82.7 Å². The predicted molar refractivity (Wildman–Crippen MR) is 148 cm³/mol. The third kappa shape index (κ3) is 7.15. The molecule has 4 aromatic rings. The molecule has 252 valence electrons. The lowest BCUT2D eigenvalue weighted by atomic mass is 9.89. The zero-order valence-electron chi connectivity index (χ0n) is 24.7. The molecule has 0 bridgehead atoms. The number of rotatable bonds is 6. The van der Waals surface area contributed by atoms with Crippen LogP contribution in [0.2, 0.25) is 0 Å². The van der Waals surface area contributed by atoms with Gasteiger partial charge >= 0.3 is 24.6 Å². The number of H-pyrrole nitrogens is 1. The first kappa shape index (κ1) is 33.6. The van der Waals surface area contributed by atoms with Crippen molar-refractivity contribution in [2.75, 3.05) is 9.80 Å². The first-order valence-electron chi connectivity index (χ1n) is 14.0. The molecule has 1 N–H and O–H groups in total. The SMILES string of the molecule is CC(C)OC(=O)N1c2ccc(C(F)(F)F)cc2C(N(Cc2cc(C(F)(F)F)cc(C(F)(F)F)c2)c2nnn(-c3cc[nH]c3)n2)CC1C. The molecule has 0 saturated carbocycles. The smallest absolute Gasteiger partial charge is 0.416 e. The molecule has 1 aliphatic heterocycles. The first-order valence-corrected chi connectivity index (χ1v) is 14.0. The average molecular weight is 676 g/mol. The van der Waals surface area contributed by atoms with Gasteiger partial charge in [-0.25, -0.2) is 4.79 Å². The van der Waals surface area contributed by atoms with Gasteiger partial charge in [-0.3, -0.25) is 4.90 Å². The quantitative estimate of drug-likeness (QED) is 0.209. The van der Waals surface area contributed by atoms with Crippen LogP contribution in [-0.4, -0.2) is 43.4 Å². The number of ether oxygens (including phenoxy) is 1. The number of fused-ring (bicyclic) bond motifs is 1. The number of aromatic nitrogens is 5. The Kier molecular flexibility index (Phi) is 8.65. The Morgan fingerprint density at radius 1 is 0.957 bits per heavy atom. The number of alkyl halides is 9. The fourth-order valence-electron chi connectivity index (χ4n) is 5.34. The van der Waals surface area contributed by atoms with Gasteiger partial charge in [0.25, 0.3) is 5.95 Å². The minimum Gasteiger partial charge on any atom is -0.446 e. The second kappa shape index (κ2) is 12.1. The van der Waals surface area contributed by atoms with Crippen molar-refractivity contribution in [2.45, 2.75) is 70.5 Å². The number of aromatic amines is 1. The summed E-state index contributed by atoms with van der Waals surface area (Å²) in [6.45, 7) is 4.02. The molecule has 2 aromatic heterocycles. The van der Waals surface area contributed by atoms with Crippen LogP contribution >= 0.6 is 0 Å². The maximum Gasteiger partial charge on any atom is 0.416 e. The Hall–Kier alpha value is -4.77. The highest BCUT2D eigenvalue weighted by Gasteiger charge is 2.42. The molecule has 0 spiro atoms. The number of carbonyl (C=O) groups excluding carboxylic acids is 1. The maximum absolute atomic E-state index is 14.0. The van der Waals surface area contributed by atoms with Gasteiger partial charge in [-0.2, -0.15) is 39.5 Å². The molecule has 47 heavy (non-hydrogen) atoms. The summed E-state index contributed by atoms with van der Waals surface area (Å²) < 4.78 is 130. The zero-order chi connectivity index (χ0) is 34.5. The topological polar surface area (TPSA) is 92.2 Å². The standard InChI is InChI=1S/C29H26F9N7O2/c1-15(2)47-26(46)44-16(3)8-24(22-12-18(27(30,31)32)4-5-23(22)44)43(25-40-42-45(41-25)21-6-7-39-13-21)14-17-9-19(28(33,34)35)11-20(10-17)29(36,37)38/h4-7,9-13,15-16,24,39H,8,14H2,1-3H3. The van der Waals surface area contributed by atoms with Gasteiger partial charge in [-0.1, -0.05) is 5.10 Å². The highest BCUT2D eigenvalue weighted by molar-refractivity contribution is 5.90. The summed E-state index contributed by atoms with van der Waals surface area (Å²) in [7, 11) is 0.